The monoisotopic (exact) mass is 412 g/mol. The molecule has 7 nitrogen and oxygen atoms in total. The fourth-order valence-electron chi connectivity index (χ4n) is 3.99. The van der Waals surface area contributed by atoms with Gasteiger partial charge in [-0.05, 0) is 46.0 Å². The number of benzene rings is 1. The summed E-state index contributed by atoms with van der Waals surface area (Å²) >= 11 is 0. The lowest BCUT2D eigenvalue weighted by Crippen LogP contribution is -2.48. The molecule has 2 atom stereocenters. The molecule has 0 saturated carbocycles. The Hall–Kier alpha value is -2.38. The number of hydrogen-bond donors (Lipinski definition) is 1. The van der Waals surface area contributed by atoms with E-state index in [4.69, 9.17) is 9.73 Å². The van der Waals surface area contributed by atoms with Crippen molar-refractivity contribution in [3.05, 3.63) is 52.8 Å². The number of nitrogens with one attached hydrogen (secondary N) is 1. The van der Waals surface area contributed by atoms with E-state index in [0.717, 1.165) is 25.6 Å². The number of hydrogen-bond acceptors (Lipinski definition) is 4. The highest BCUT2D eigenvalue weighted by atomic mass is 16.5. The van der Waals surface area contributed by atoms with Gasteiger partial charge < -0.3 is 19.9 Å². The molecular weight excluding hydrogens is 376 g/mol. The molecule has 1 aromatic carbocycles. The van der Waals surface area contributed by atoms with Crippen LogP contribution >= 0.6 is 0 Å². The molecule has 2 heterocycles. The van der Waals surface area contributed by atoms with E-state index >= 15 is 0 Å². The number of aromatic nitrogens is 2. The maximum atomic E-state index is 6.14. The molecule has 1 saturated heterocycles. The number of ether oxygens (including phenoxy) is 1. The van der Waals surface area contributed by atoms with Crippen molar-refractivity contribution in [1.82, 2.24) is 24.9 Å². The van der Waals surface area contributed by atoms with Crippen molar-refractivity contribution in [3.8, 4) is 0 Å². The summed E-state index contributed by atoms with van der Waals surface area (Å²) < 4.78 is 7.98. The maximum absolute atomic E-state index is 6.14. The highest BCUT2D eigenvalue weighted by Gasteiger charge is 2.26. The molecule has 30 heavy (non-hydrogen) atoms. The van der Waals surface area contributed by atoms with Crippen LogP contribution in [0.15, 0.2) is 35.6 Å². The third-order valence-electron chi connectivity index (χ3n) is 5.62. The zero-order chi connectivity index (χ0) is 21.7. The second-order valence-corrected chi connectivity index (χ2v) is 8.29. The van der Waals surface area contributed by atoms with Gasteiger partial charge in [-0.3, -0.25) is 9.67 Å². The summed E-state index contributed by atoms with van der Waals surface area (Å²) in [6.07, 6.45) is 4.06. The molecule has 0 radical (unpaired) electrons. The molecule has 1 N–H and O–H groups in total. The minimum atomic E-state index is 0.0613. The van der Waals surface area contributed by atoms with Crippen LogP contribution in [0.3, 0.4) is 0 Å². The first-order valence-corrected chi connectivity index (χ1v) is 10.8. The van der Waals surface area contributed by atoms with Crippen LogP contribution in [0.1, 0.15) is 41.3 Å². The molecule has 2 unspecified atom stereocenters. The first-order chi connectivity index (χ1) is 14.4. The molecule has 1 aliphatic rings. The number of aliphatic imine (C=N–C) groups is 1. The molecule has 7 heteroatoms. The van der Waals surface area contributed by atoms with Crippen LogP contribution < -0.4 is 5.32 Å². The smallest absolute Gasteiger partial charge is 0.194 e. The predicted octanol–water partition coefficient (Wildman–Crippen LogP) is 2.68. The van der Waals surface area contributed by atoms with Crippen LogP contribution in [0.2, 0.25) is 0 Å². The summed E-state index contributed by atoms with van der Waals surface area (Å²) in [6, 6.07) is 6.78. The minimum absolute atomic E-state index is 0.0613. The van der Waals surface area contributed by atoms with Gasteiger partial charge in [0.2, 0.25) is 0 Å². The lowest BCUT2D eigenvalue weighted by Gasteiger charge is -2.36. The Morgan fingerprint density at radius 3 is 2.80 bits per heavy atom. The fraction of sp³-hybridized carbons (Fsp3) is 0.565. The summed E-state index contributed by atoms with van der Waals surface area (Å²) in [5.74, 6) is 0.950. The van der Waals surface area contributed by atoms with E-state index in [1.54, 1.807) is 0 Å². The lowest BCUT2D eigenvalue weighted by atomic mass is 10.00. The van der Waals surface area contributed by atoms with Crippen molar-refractivity contribution < 1.29 is 4.74 Å². The molecular formula is C23H36N6O. The highest BCUT2D eigenvalue weighted by molar-refractivity contribution is 5.80. The standard InChI is InChI=1S/C23H36N6O/c1-7-24-23(25-14-21(27(4)5)19-13-26-28(6)15-19)29-10-11-30-22(16-29)20-9-8-17(2)12-18(20)3/h8-9,12-13,15,21-22H,7,10-11,14,16H2,1-6H3,(H,24,25). The van der Waals surface area contributed by atoms with Crippen LogP contribution in [0.25, 0.3) is 0 Å². The molecule has 2 aromatic rings. The van der Waals surface area contributed by atoms with E-state index in [-0.39, 0.29) is 12.1 Å². The van der Waals surface area contributed by atoms with Gasteiger partial charge >= 0.3 is 0 Å². The molecule has 0 bridgehead atoms. The average molecular weight is 413 g/mol. The van der Waals surface area contributed by atoms with Crippen LogP contribution in [0.4, 0.5) is 0 Å². The summed E-state index contributed by atoms with van der Waals surface area (Å²) in [5.41, 5.74) is 5.01. The second kappa shape index (κ2) is 10.1. The van der Waals surface area contributed by atoms with Gasteiger partial charge in [-0.25, -0.2) is 0 Å². The highest BCUT2D eigenvalue weighted by Crippen LogP contribution is 2.26. The van der Waals surface area contributed by atoms with E-state index in [9.17, 15) is 0 Å². The summed E-state index contributed by atoms with van der Waals surface area (Å²) in [4.78, 5) is 9.53. The lowest BCUT2D eigenvalue weighted by molar-refractivity contribution is -0.00836. The first kappa shape index (κ1) is 22.3. The molecule has 3 rings (SSSR count). The van der Waals surface area contributed by atoms with Gasteiger partial charge in [-0.15, -0.1) is 0 Å². The predicted molar refractivity (Wildman–Crippen MR) is 122 cm³/mol. The van der Waals surface area contributed by atoms with Gasteiger partial charge in [0.1, 0.15) is 6.10 Å². The summed E-state index contributed by atoms with van der Waals surface area (Å²) in [5, 5.41) is 7.81. The first-order valence-electron chi connectivity index (χ1n) is 10.8. The van der Waals surface area contributed by atoms with Gasteiger partial charge in [0.15, 0.2) is 5.96 Å². The van der Waals surface area contributed by atoms with E-state index in [0.29, 0.717) is 13.2 Å². The Kier molecular flexibility index (Phi) is 7.50. The van der Waals surface area contributed by atoms with Crippen LogP contribution in [0.5, 0.6) is 0 Å². The van der Waals surface area contributed by atoms with E-state index < -0.39 is 0 Å². The van der Waals surface area contributed by atoms with E-state index in [1.165, 1.54) is 22.3 Å². The summed E-state index contributed by atoms with van der Waals surface area (Å²) in [7, 11) is 6.13. The van der Waals surface area contributed by atoms with Gasteiger partial charge in [0.05, 0.1) is 31.9 Å². The SMILES string of the molecule is CCNC(=NCC(c1cnn(C)c1)N(C)C)N1CCOC(c2ccc(C)cc2C)C1. The van der Waals surface area contributed by atoms with E-state index in [2.05, 4.69) is 79.5 Å². The van der Waals surface area contributed by atoms with Crippen molar-refractivity contribution in [2.45, 2.75) is 32.9 Å². The largest absolute Gasteiger partial charge is 0.370 e. The minimum Gasteiger partial charge on any atom is -0.370 e. The van der Waals surface area contributed by atoms with Crippen molar-refractivity contribution in [2.24, 2.45) is 12.0 Å². The van der Waals surface area contributed by atoms with Crippen molar-refractivity contribution in [1.29, 1.82) is 0 Å². The number of aryl methyl sites for hydroxylation is 3. The number of morpholine rings is 1. The molecule has 1 aromatic heterocycles. The average Bonchev–Trinajstić information content (AvgIpc) is 3.13. The number of guanidine groups is 1. The van der Waals surface area contributed by atoms with Crippen LogP contribution in [-0.2, 0) is 11.8 Å². The van der Waals surface area contributed by atoms with E-state index in [1.807, 2.05) is 17.9 Å². The topological polar surface area (TPSA) is 57.9 Å². The molecule has 0 aliphatic carbocycles. The number of likely N-dealkylation sites (N-methyl/N-ethyl adjacent to an activating group) is 1. The zero-order valence-electron chi connectivity index (χ0n) is 19.2. The molecule has 1 aliphatic heterocycles. The third kappa shape index (κ3) is 5.40. The Morgan fingerprint density at radius 2 is 2.17 bits per heavy atom. The molecule has 1 fully saturated rings. The van der Waals surface area contributed by atoms with Crippen LogP contribution in [-0.4, -0.2) is 72.4 Å². The van der Waals surface area contributed by atoms with Crippen LogP contribution in [0, 0.1) is 13.8 Å². The van der Waals surface area contributed by atoms with Gasteiger partial charge in [0.25, 0.3) is 0 Å². The normalized spacial score (nSPS) is 18.7. The van der Waals surface area contributed by atoms with Gasteiger partial charge in [0, 0.05) is 31.9 Å². The third-order valence-corrected chi connectivity index (χ3v) is 5.62. The molecule has 164 valence electrons. The number of nitrogens with zero attached hydrogens (tertiary/aromatic N) is 5. The maximum Gasteiger partial charge on any atom is 0.194 e. The van der Waals surface area contributed by atoms with Gasteiger partial charge in [-0.1, -0.05) is 23.8 Å². The van der Waals surface area contributed by atoms with Crippen molar-refractivity contribution in [2.75, 3.05) is 46.9 Å². The Morgan fingerprint density at radius 1 is 1.37 bits per heavy atom. The number of rotatable bonds is 6. The quantitative estimate of drug-likeness (QED) is 0.584. The Labute approximate surface area is 180 Å². The Balaban J connectivity index is 1.77. The second-order valence-electron chi connectivity index (χ2n) is 8.29. The zero-order valence-corrected chi connectivity index (χ0v) is 19.2. The van der Waals surface area contributed by atoms with Gasteiger partial charge in [-0.2, -0.15) is 5.10 Å². The Bertz CT molecular complexity index is 859. The van der Waals surface area contributed by atoms with Crippen molar-refractivity contribution >= 4 is 5.96 Å². The molecule has 0 spiro atoms. The molecule has 0 amide bonds. The van der Waals surface area contributed by atoms with Crippen molar-refractivity contribution in [3.63, 3.8) is 0 Å². The summed E-state index contributed by atoms with van der Waals surface area (Å²) in [6.45, 7) is 10.3. The fourth-order valence-corrected chi connectivity index (χ4v) is 3.99.